The Morgan fingerprint density at radius 3 is 2.45 bits per heavy atom. The summed E-state index contributed by atoms with van der Waals surface area (Å²) in [6, 6.07) is 20.1. The van der Waals surface area contributed by atoms with Gasteiger partial charge in [0.05, 0.1) is 16.6 Å². The van der Waals surface area contributed by atoms with E-state index in [1.807, 2.05) is 55.5 Å². The molecule has 5 heteroatoms. The van der Waals surface area contributed by atoms with Crippen LogP contribution in [-0.2, 0) is 6.42 Å². The minimum atomic E-state index is -0.940. The molecular weight excluding hydrogens is 454 g/mol. The highest BCUT2D eigenvalue weighted by Crippen LogP contribution is 2.34. The van der Waals surface area contributed by atoms with Crippen molar-refractivity contribution in [1.82, 2.24) is 4.98 Å². The summed E-state index contributed by atoms with van der Waals surface area (Å²) in [6.45, 7) is 4.59. The second kappa shape index (κ2) is 8.98. The number of nitrogens with one attached hydrogen (secondary N) is 1. The molecule has 0 saturated carbocycles. The van der Waals surface area contributed by atoms with Crippen LogP contribution in [0, 0.1) is 13.8 Å². The molecule has 0 fully saturated rings. The van der Waals surface area contributed by atoms with Gasteiger partial charge in [0.15, 0.2) is 0 Å². The lowest BCUT2D eigenvalue weighted by atomic mass is 9.97. The van der Waals surface area contributed by atoms with Crippen molar-refractivity contribution in [3.63, 3.8) is 0 Å². The number of carbonyl (C=O) groups is 1. The third-order valence-electron chi connectivity index (χ3n) is 5.58. The number of benzene rings is 3. The summed E-state index contributed by atoms with van der Waals surface area (Å²) < 4.78 is 6.89. The largest absolute Gasteiger partial charge is 0.492 e. The minimum absolute atomic E-state index is 0.257. The third kappa shape index (κ3) is 4.23. The molecule has 1 heterocycles. The topological polar surface area (TPSA) is 62.3 Å². The van der Waals surface area contributed by atoms with Crippen LogP contribution in [0.15, 0.2) is 65.1 Å². The second-order valence-electron chi connectivity index (χ2n) is 7.67. The van der Waals surface area contributed by atoms with Crippen LogP contribution in [0.4, 0.5) is 0 Å². The molecular formula is C26H24BrNO3. The first-order valence-corrected chi connectivity index (χ1v) is 11.1. The van der Waals surface area contributed by atoms with Crippen molar-refractivity contribution < 1.29 is 14.6 Å². The number of ether oxygens (including phenoxy) is 1. The van der Waals surface area contributed by atoms with E-state index in [0.29, 0.717) is 19.4 Å². The first-order valence-electron chi connectivity index (χ1n) is 10.3. The van der Waals surface area contributed by atoms with Crippen molar-refractivity contribution >= 4 is 32.8 Å². The van der Waals surface area contributed by atoms with E-state index in [1.165, 1.54) is 0 Å². The number of carboxylic acids is 1. The Hall–Kier alpha value is -3.05. The molecule has 158 valence electrons. The summed E-state index contributed by atoms with van der Waals surface area (Å²) in [5.41, 5.74) is 6.34. The summed E-state index contributed by atoms with van der Waals surface area (Å²) in [5.74, 6) is -0.136. The smallest absolute Gasteiger partial charge is 0.352 e. The molecule has 31 heavy (non-hydrogen) atoms. The van der Waals surface area contributed by atoms with Crippen molar-refractivity contribution in [2.75, 3.05) is 6.61 Å². The highest BCUT2D eigenvalue weighted by atomic mass is 79.9. The van der Waals surface area contributed by atoms with E-state index in [0.717, 1.165) is 48.9 Å². The van der Waals surface area contributed by atoms with Gasteiger partial charge < -0.3 is 14.8 Å². The molecule has 0 radical (unpaired) electrons. The summed E-state index contributed by atoms with van der Waals surface area (Å²) in [5, 5.41) is 10.8. The standard InChI is InChI=1S/C26H24BrNO3/c1-16-8-3-4-10-18(16)19-11-6-12-20-21(25(26(29)30)28-24(19)20)13-7-15-31-22-14-5-9-17(2)23(22)27/h3-6,8-12,14,28H,7,13,15H2,1-2H3,(H,29,30). The van der Waals surface area contributed by atoms with Gasteiger partial charge in [-0.1, -0.05) is 54.6 Å². The number of carboxylic acid groups (broad SMARTS) is 1. The SMILES string of the molecule is Cc1ccccc1-c1cccc2c(CCCOc3cccc(C)c3Br)c(C(=O)O)[nH]c12. The van der Waals surface area contributed by atoms with E-state index in [-0.39, 0.29) is 5.69 Å². The number of rotatable bonds is 7. The van der Waals surface area contributed by atoms with Gasteiger partial charge in [-0.05, 0) is 70.9 Å². The van der Waals surface area contributed by atoms with Crippen LogP contribution in [0.5, 0.6) is 5.75 Å². The predicted molar refractivity (Wildman–Crippen MR) is 128 cm³/mol. The summed E-state index contributed by atoms with van der Waals surface area (Å²) in [6.07, 6.45) is 1.32. The van der Waals surface area contributed by atoms with Gasteiger partial charge in [-0.15, -0.1) is 0 Å². The molecule has 1 aromatic heterocycles. The predicted octanol–water partition coefficient (Wildman–Crippen LogP) is 6.92. The molecule has 0 aliphatic carbocycles. The van der Waals surface area contributed by atoms with Crippen LogP contribution in [0.3, 0.4) is 0 Å². The van der Waals surface area contributed by atoms with Gasteiger partial charge in [0.2, 0.25) is 0 Å². The normalized spacial score (nSPS) is 11.1. The van der Waals surface area contributed by atoms with Gasteiger partial charge in [-0.2, -0.15) is 0 Å². The molecule has 2 N–H and O–H groups in total. The lowest BCUT2D eigenvalue weighted by Crippen LogP contribution is -2.04. The zero-order valence-corrected chi connectivity index (χ0v) is 19.1. The van der Waals surface area contributed by atoms with Gasteiger partial charge in [0.1, 0.15) is 11.4 Å². The number of aromatic nitrogens is 1. The number of hydrogen-bond acceptors (Lipinski definition) is 2. The maximum Gasteiger partial charge on any atom is 0.352 e. The molecule has 0 amide bonds. The zero-order valence-electron chi connectivity index (χ0n) is 17.5. The highest BCUT2D eigenvalue weighted by Gasteiger charge is 2.19. The fourth-order valence-corrected chi connectivity index (χ4v) is 4.36. The van der Waals surface area contributed by atoms with Crippen molar-refractivity contribution in [2.24, 2.45) is 0 Å². The Morgan fingerprint density at radius 1 is 0.968 bits per heavy atom. The van der Waals surface area contributed by atoms with E-state index >= 15 is 0 Å². The first-order chi connectivity index (χ1) is 15.0. The molecule has 0 aliphatic heterocycles. The number of aryl methyl sites for hydroxylation is 3. The van der Waals surface area contributed by atoms with E-state index in [4.69, 9.17) is 4.74 Å². The van der Waals surface area contributed by atoms with E-state index < -0.39 is 5.97 Å². The Kier molecular flexibility index (Phi) is 6.14. The number of aromatic amines is 1. The van der Waals surface area contributed by atoms with Crippen molar-refractivity contribution in [3.05, 3.63) is 87.5 Å². The molecule has 3 aromatic carbocycles. The highest BCUT2D eigenvalue weighted by molar-refractivity contribution is 9.10. The van der Waals surface area contributed by atoms with Crippen LogP contribution in [0.25, 0.3) is 22.0 Å². The first kappa shape index (κ1) is 21.2. The number of aromatic carboxylic acids is 1. The van der Waals surface area contributed by atoms with Gasteiger partial charge in [0.25, 0.3) is 0 Å². The fourth-order valence-electron chi connectivity index (χ4n) is 3.98. The molecule has 0 spiro atoms. The van der Waals surface area contributed by atoms with Gasteiger partial charge >= 0.3 is 5.97 Å². The molecule has 0 aliphatic rings. The Labute approximate surface area is 190 Å². The maximum absolute atomic E-state index is 12.0. The number of fused-ring (bicyclic) bond motifs is 1. The van der Waals surface area contributed by atoms with Crippen molar-refractivity contribution in [1.29, 1.82) is 0 Å². The molecule has 0 unspecified atom stereocenters. The number of halogens is 1. The Morgan fingerprint density at radius 2 is 1.68 bits per heavy atom. The van der Waals surface area contributed by atoms with Gasteiger partial charge in [0, 0.05) is 10.9 Å². The molecule has 0 saturated heterocycles. The maximum atomic E-state index is 12.0. The van der Waals surface area contributed by atoms with Gasteiger partial charge in [-0.25, -0.2) is 4.79 Å². The number of para-hydroxylation sites is 1. The van der Waals surface area contributed by atoms with Crippen LogP contribution < -0.4 is 4.74 Å². The van der Waals surface area contributed by atoms with Crippen molar-refractivity contribution in [2.45, 2.75) is 26.7 Å². The summed E-state index contributed by atoms with van der Waals surface area (Å²) in [7, 11) is 0. The van der Waals surface area contributed by atoms with Crippen LogP contribution in [0.2, 0.25) is 0 Å². The van der Waals surface area contributed by atoms with Crippen LogP contribution >= 0.6 is 15.9 Å². The van der Waals surface area contributed by atoms with Crippen LogP contribution in [0.1, 0.15) is 33.6 Å². The molecule has 4 aromatic rings. The number of hydrogen-bond donors (Lipinski definition) is 2. The molecule has 4 nitrogen and oxygen atoms in total. The van der Waals surface area contributed by atoms with Crippen molar-refractivity contribution in [3.8, 4) is 16.9 Å². The van der Waals surface area contributed by atoms with Gasteiger partial charge in [-0.3, -0.25) is 0 Å². The van der Waals surface area contributed by atoms with E-state index in [9.17, 15) is 9.90 Å². The summed E-state index contributed by atoms with van der Waals surface area (Å²) >= 11 is 3.56. The monoisotopic (exact) mass is 477 g/mol. The lowest BCUT2D eigenvalue weighted by molar-refractivity contribution is 0.0690. The lowest BCUT2D eigenvalue weighted by Gasteiger charge is -2.10. The molecule has 0 atom stereocenters. The van der Waals surface area contributed by atoms with Crippen LogP contribution in [-0.4, -0.2) is 22.7 Å². The average molecular weight is 478 g/mol. The third-order valence-corrected chi connectivity index (χ3v) is 6.59. The fraction of sp³-hybridized carbons (Fsp3) is 0.192. The molecule has 0 bridgehead atoms. The summed E-state index contributed by atoms with van der Waals surface area (Å²) in [4.78, 5) is 15.2. The Balaban J connectivity index is 1.62. The molecule has 4 rings (SSSR count). The quantitative estimate of drug-likeness (QED) is 0.283. The van der Waals surface area contributed by atoms with E-state index in [1.54, 1.807) is 0 Å². The second-order valence-corrected chi connectivity index (χ2v) is 8.46. The van der Waals surface area contributed by atoms with E-state index in [2.05, 4.69) is 40.0 Å². The number of H-pyrrole nitrogens is 1. The Bertz CT molecular complexity index is 1260. The zero-order chi connectivity index (χ0) is 22.0. The minimum Gasteiger partial charge on any atom is -0.492 e. The average Bonchev–Trinajstić information content (AvgIpc) is 3.13.